The third-order valence-electron chi connectivity index (χ3n) is 2.31. The zero-order valence-corrected chi connectivity index (χ0v) is 8.91. The first-order chi connectivity index (χ1) is 7.74. The molecule has 1 aromatic heterocycles. The summed E-state index contributed by atoms with van der Waals surface area (Å²) in [5, 5.41) is 10.9. The second-order valence-corrected chi connectivity index (χ2v) is 3.20. The van der Waals surface area contributed by atoms with Crippen LogP contribution in [0, 0.1) is 6.92 Å². The van der Waals surface area contributed by atoms with Gasteiger partial charge >= 0.3 is 5.97 Å². The lowest BCUT2D eigenvalue weighted by Gasteiger charge is -2.08. The standard InChI is InChI=1S/C10H10N4O2/c1-7-8(10(15)16-2)4-3-5-9(7)14-6-11-12-13-14/h3-6H,1-2H3. The van der Waals surface area contributed by atoms with Crippen molar-refractivity contribution in [2.45, 2.75) is 6.92 Å². The van der Waals surface area contributed by atoms with E-state index in [1.54, 1.807) is 12.1 Å². The molecule has 0 saturated heterocycles. The molecule has 0 unspecified atom stereocenters. The average molecular weight is 218 g/mol. The minimum Gasteiger partial charge on any atom is -0.465 e. The van der Waals surface area contributed by atoms with E-state index in [2.05, 4.69) is 20.3 Å². The highest BCUT2D eigenvalue weighted by Gasteiger charge is 2.12. The molecule has 1 heterocycles. The van der Waals surface area contributed by atoms with Gasteiger partial charge < -0.3 is 4.74 Å². The first kappa shape index (κ1) is 10.3. The van der Waals surface area contributed by atoms with Gasteiger partial charge in [0, 0.05) is 0 Å². The highest BCUT2D eigenvalue weighted by atomic mass is 16.5. The highest BCUT2D eigenvalue weighted by Crippen LogP contribution is 2.17. The Hall–Kier alpha value is -2.24. The lowest BCUT2D eigenvalue weighted by Crippen LogP contribution is -2.07. The van der Waals surface area contributed by atoms with E-state index in [1.807, 2.05) is 13.0 Å². The average Bonchev–Trinajstić information content (AvgIpc) is 2.82. The largest absolute Gasteiger partial charge is 0.465 e. The SMILES string of the molecule is COC(=O)c1cccc(-n2cnnn2)c1C. The Morgan fingerprint density at radius 2 is 2.25 bits per heavy atom. The summed E-state index contributed by atoms with van der Waals surface area (Å²) in [5.74, 6) is -0.368. The number of methoxy groups -OCH3 is 1. The molecule has 0 aliphatic rings. The van der Waals surface area contributed by atoms with Crippen LogP contribution < -0.4 is 0 Å². The molecule has 0 fully saturated rings. The summed E-state index contributed by atoms with van der Waals surface area (Å²) < 4.78 is 6.19. The van der Waals surface area contributed by atoms with Gasteiger partial charge in [-0.3, -0.25) is 0 Å². The minimum atomic E-state index is -0.368. The van der Waals surface area contributed by atoms with Gasteiger partial charge in [0.25, 0.3) is 0 Å². The van der Waals surface area contributed by atoms with E-state index < -0.39 is 0 Å². The van der Waals surface area contributed by atoms with Crippen LogP contribution in [0.2, 0.25) is 0 Å². The monoisotopic (exact) mass is 218 g/mol. The molecule has 0 amide bonds. The normalized spacial score (nSPS) is 10.1. The van der Waals surface area contributed by atoms with Crippen LogP contribution >= 0.6 is 0 Å². The molecule has 0 spiro atoms. The molecule has 2 aromatic rings. The molecule has 0 saturated carbocycles. The van der Waals surface area contributed by atoms with Crippen molar-refractivity contribution in [3.63, 3.8) is 0 Å². The fraction of sp³-hybridized carbons (Fsp3) is 0.200. The summed E-state index contributed by atoms with van der Waals surface area (Å²) in [6.07, 6.45) is 1.48. The predicted molar refractivity (Wildman–Crippen MR) is 55.2 cm³/mol. The molecule has 0 aliphatic carbocycles. The maximum Gasteiger partial charge on any atom is 0.338 e. The Morgan fingerprint density at radius 1 is 1.44 bits per heavy atom. The van der Waals surface area contributed by atoms with Crippen molar-refractivity contribution in [3.05, 3.63) is 35.7 Å². The fourth-order valence-electron chi connectivity index (χ4n) is 1.47. The number of esters is 1. The van der Waals surface area contributed by atoms with Crippen molar-refractivity contribution in [2.75, 3.05) is 7.11 Å². The second kappa shape index (κ2) is 4.09. The van der Waals surface area contributed by atoms with Crippen LogP contribution in [0.25, 0.3) is 5.69 Å². The Morgan fingerprint density at radius 3 is 2.88 bits per heavy atom. The Labute approximate surface area is 91.8 Å². The number of hydrogen-bond donors (Lipinski definition) is 0. The number of aromatic nitrogens is 4. The third kappa shape index (κ3) is 1.65. The number of hydrogen-bond acceptors (Lipinski definition) is 5. The van der Waals surface area contributed by atoms with E-state index >= 15 is 0 Å². The topological polar surface area (TPSA) is 69.9 Å². The Balaban J connectivity index is 2.53. The molecule has 16 heavy (non-hydrogen) atoms. The van der Waals surface area contributed by atoms with Crippen molar-refractivity contribution in [1.82, 2.24) is 20.2 Å². The zero-order chi connectivity index (χ0) is 11.5. The van der Waals surface area contributed by atoms with Gasteiger partial charge in [-0.15, -0.1) is 5.10 Å². The summed E-state index contributed by atoms with van der Waals surface area (Å²) in [6.45, 7) is 1.82. The van der Waals surface area contributed by atoms with Crippen molar-refractivity contribution in [1.29, 1.82) is 0 Å². The van der Waals surface area contributed by atoms with Crippen LogP contribution in [-0.4, -0.2) is 33.3 Å². The molecule has 0 aliphatic heterocycles. The Kier molecular flexibility index (Phi) is 2.63. The van der Waals surface area contributed by atoms with Gasteiger partial charge in [-0.2, -0.15) is 0 Å². The van der Waals surface area contributed by atoms with Gasteiger partial charge in [-0.1, -0.05) is 6.07 Å². The van der Waals surface area contributed by atoms with Gasteiger partial charge in [0.15, 0.2) is 0 Å². The van der Waals surface area contributed by atoms with Crippen molar-refractivity contribution < 1.29 is 9.53 Å². The molecule has 82 valence electrons. The second-order valence-electron chi connectivity index (χ2n) is 3.20. The lowest BCUT2D eigenvalue weighted by atomic mass is 10.1. The number of benzene rings is 1. The molecule has 0 radical (unpaired) electrons. The number of nitrogens with zero attached hydrogens (tertiary/aromatic N) is 4. The van der Waals surface area contributed by atoms with Crippen LogP contribution in [0.15, 0.2) is 24.5 Å². The molecule has 0 atom stereocenters. The van der Waals surface area contributed by atoms with Crippen molar-refractivity contribution >= 4 is 5.97 Å². The molecule has 6 heteroatoms. The quantitative estimate of drug-likeness (QED) is 0.696. The number of tetrazole rings is 1. The first-order valence-corrected chi connectivity index (χ1v) is 4.65. The van der Waals surface area contributed by atoms with Gasteiger partial charge in [-0.05, 0) is 35.0 Å². The smallest absolute Gasteiger partial charge is 0.338 e. The van der Waals surface area contributed by atoms with Gasteiger partial charge in [0.05, 0.1) is 18.4 Å². The summed E-state index contributed by atoms with van der Waals surface area (Å²) >= 11 is 0. The van der Waals surface area contributed by atoms with E-state index in [-0.39, 0.29) is 5.97 Å². The highest BCUT2D eigenvalue weighted by molar-refractivity contribution is 5.91. The van der Waals surface area contributed by atoms with Crippen LogP contribution in [0.3, 0.4) is 0 Å². The molecule has 0 bridgehead atoms. The zero-order valence-electron chi connectivity index (χ0n) is 8.91. The van der Waals surface area contributed by atoms with E-state index in [4.69, 9.17) is 0 Å². The van der Waals surface area contributed by atoms with Crippen LogP contribution in [0.1, 0.15) is 15.9 Å². The summed E-state index contributed by atoms with van der Waals surface area (Å²) in [7, 11) is 1.35. The summed E-state index contributed by atoms with van der Waals surface area (Å²) in [4.78, 5) is 11.5. The Bertz CT molecular complexity index is 508. The van der Waals surface area contributed by atoms with Gasteiger partial charge in [-0.25, -0.2) is 9.48 Å². The lowest BCUT2D eigenvalue weighted by molar-refractivity contribution is 0.0600. The maximum atomic E-state index is 11.5. The van der Waals surface area contributed by atoms with E-state index in [9.17, 15) is 4.79 Å². The number of carbonyl (C=O) groups excluding carboxylic acids is 1. The number of carbonyl (C=O) groups is 1. The fourth-order valence-corrected chi connectivity index (χ4v) is 1.47. The summed E-state index contributed by atoms with van der Waals surface area (Å²) in [5.41, 5.74) is 2.05. The van der Waals surface area contributed by atoms with Crippen molar-refractivity contribution in [2.24, 2.45) is 0 Å². The van der Waals surface area contributed by atoms with E-state index in [0.717, 1.165) is 11.3 Å². The maximum absolute atomic E-state index is 11.5. The van der Waals surface area contributed by atoms with E-state index in [1.165, 1.54) is 18.1 Å². The van der Waals surface area contributed by atoms with Crippen LogP contribution in [-0.2, 0) is 4.74 Å². The first-order valence-electron chi connectivity index (χ1n) is 4.65. The van der Waals surface area contributed by atoms with E-state index in [0.29, 0.717) is 5.56 Å². The summed E-state index contributed by atoms with van der Waals surface area (Å²) in [6, 6.07) is 5.30. The van der Waals surface area contributed by atoms with Gasteiger partial charge in [0.1, 0.15) is 6.33 Å². The van der Waals surface area contributed by atoms with Crippen LogP contribution in [0.4, 0.5) is 0 Å². The number of ether oxygens (including phenoxy) is 1. The molecule has 2 rings (SSSR count). The van der Waals surface area contributed by atoms with Crippen LogP contribution in [0.5, 0.6) is 0 Å². The minimum absolute atomic E-state index is 0.368. The molecule has 1 aromatic carbocycles. The molecule has 0 N–H and O–H groups in total. The molecule has 6 nitrogen and oxygen atoms in total. The molecular formula is C10H10N4O2. The predicted octanol–water partition coefficient (Wildman–Crippen LogP) is 0.757. The van der Waals surface area contributed by atoms with Crippen molar-refractivity contribution in [3.8, 4) is 5.69 Å². The molecular weight excluding hydrogens is 208 g/mol. The number of rotatable bonds is 2. The van der Waals surface area contributed by atoms with Gasteiger partial charge in [0.2, 0.25) is 0 Å². The third-order valence-corrected chi connectivity index (χ3v) is 2.31.